The number of hydrogen-bond donors (Lipinski definition) is 1. The summed E-state index contributed by atoms with van der Waals surface area (Å²) in [6, 6.07) is 6.15. The summed E-state index contributed by atoms with van der Waals surface area (Å²) in [4.78, 5) is 0. The SMILES string of the molecule is COCCC(C)(O)c1cc(C)ccc1C. The van der Waals surface area contributed by atoms with E-state index >= 15 is 0 Å². The molecule has 0 fully saturated rings. The molecule has 0 saturated heterocycles. The van der Waals surface area contributed by atoms with Gasteiger partial charge in [-0.25, -0.2) is 0 Å². The van der Waals surface area contributed by atoms with E-state index in [1.807, 2.05) is 32.9 Å². The highest BCUT2D eigenvalue weighted by molar-refractivity contribution is 5.34. The van der Waals surface area contributed by atoms with Crippen molar-refractivity contribution in [2.45, 2.75) is 32.8 Å². The molecule has 0 radical (unpaired) electrons. The Kier molecular flexibility index (Phi) is 3.89. The molecule has 84 valence electrons. The van der Waals surface area contributed by atoms with Gasteiger partial charge in [0, 0.05) is 20.1 Å². The van der Waals surface area contributed by atoms with E-state index in [-0.39, 0.29) is 0 Å². The number of methoxy groups -OCH3 is 1. The standard InChI is InChI=1S/C13H20O2/c1-10-5-6-11(2)12(9-10)13(3,14)7-8-15-4/h5-6,9,14H,7-8H2,1-4H3. The number of hydrogen-bond acceptors (Lipinski definition) is 2. The second-order valence-electron chi connectivity index (χ2n) is 4.34. The van der Waals surface area contributed by atoms with E-state index < -0.39 is 5.60 Å². The second kappa shape index (κ2) is 4.77. The molecular weight excluding hydrogens is 188 g/mol. The molecule has 0 aliphatic carbocycles. The monoisotopic (exact) mass is 208 g/mol. The predicted molar refractivity (Wildman–Crippen MR) is 62.0 cm³/mol. The van der Waals surface area contributed by atoms with Gasteiger partial charge in [0.1, 0.15) is 0 Å². The van der Waals surface area contributed by atoms with Crippen LogP contribution in [0, 0.1) is 13.8 Å². The Bertz CT molecular complexity index is 329. The summed E-state index contributed by atoms with van der Waals surface area (Å²) in [6.07, 6.45) is 0.619. The zero-order valence-corrected chi connectivity index (χ0v) is 10.0. The lowest BCUT2D eigenvalue weighted by molar-refractivity contribution is 0.0205. The molecule has 0 aliphatic rings. The highest BCUT2D eigenvalue weighted by Gasteiger charge is 2.24. The van der Waals surface area contributed by atoms with Crippen molar-refractivity contribution in [1.29, 1.82) is 0 Å². The van der Waals surface area contributed by atoms with Gasteiger partial charge in [0.15, 0.2) is 0 Å². The van der Waals surface area contributed by atoms with Gasteiger partial charge >= 0.3 is 0 Å². The molecule has 1 aromatic rings. The first kappa shape index (κ1) is 12.2. The van der Waals surface area contributed by atoms with Crippen LogP contribution in [0.3, 0.4) is 0 Å². The zero-order chi connectivity index (χ0) is 11.5. The first-order valence-corrected chi connectivity index (χ1v) is 5.26. The van der Waals surface area contributed by atoms with Crippen LogP contribution in [0.25, 0.3) is 0 Å². The van der Waals surface area contributed by atoms with E-state index in [1.54, 1.807) is 7.11 Å². The molecule has 2 nitrogen and oxygen atoms in total. The maximum atomic E-state index is 10.3. The van der Waals surface area contributed by atoms with Gasteiger partial charge in [0.05, 0.1) is 5.60 Å². The minimum Gasteiger partial charge on any atom is -0.385 e. The molecular formula is C13H20O2. The van der Waals surface area contributed by atoms with Crippen molar-refractivity contribution in [2.75, 3.05) is 13.7 Å². The maximum absolute atomic E-state index is 10.3. The van der Waals surface area contributed by atoms with E-state index in [2.05, 4.69) is 6.07 Å². The van der Waals surface area contributed by atoms with Gasteiger partial charge in [0.25, 0.3) is 0 Å². The molecule has 1 atom stereocenters. The van der Waals surface area contributed by atoms with Gasteiger partial charge in [-0.15, -0.1) is 0 Å². The molecule has 15 heavy (non-hydrogen) atoms. The maximum Gasteiger partial charge on any atom is 0.0893 e. The normalized spacial score (nSPS) is 15.0. The van der Waals surface area contributed by atoms with Crippen LogP contribution >= 0.6 is 0 Å². The van der Waals surface area contributed by atoms with Gasteiger partial charge in [-0.3, -0.25) is 0 Å². The average Bonchev–Trinajstić information content (AvgIpc) is 2.18. The van der Waals surface area contributed by atoms with Crippen LogP contribution in [0.1, 0.15) is 30.0 Å². The fourth-order valence-electron chi connectivity index (χ4n) is 1.75. The van der Waals surface area contributed by atoms with E-state index in [0.29, 0.717) is 13.0 Å². The van der Waals surface area contributed by atoms with Crippen LogP contribution in [-0.2, 0) is 10.3 Å². The van der Waals surface area contributed by atoms with Gasteiger partial charge < -0.3 is 9.84 Å². The molecule has 0 amide bonds. The van der Waals surface area contributed by atoms with Crippen LogP contribution in [0.4, 0.5) is 0 Å². The van der Waals surface area contributed by atoms with Gasteiger partial charge in [-0.05, 0) is 31.9 Å². The van der Waals surface area contributed by atoms with Crippen LogP contribution in [0.2, 0.25) is 0 Å². The summed E-state index contributed by atoms with van der Waals surface area (Å²) >= 11 is 0. The molecule has 0 bridgehead atoms. The van der Waals surface area contributed by atoms with Crippen LogP contribution < -0.4 is 0 Å². The first-order chi connectivity index (χ1) is 6.97. The largest absolute Gasteiger partial charge is 0.385 e. The van der Waals surface area contributed by atoms with Gasteiger partial charge in [-0.2, -0.15) is 0 Å². The Labute approximate surface area is 91.9 Å². The van der Waals surface area contributed by atoms with Crippen molar-refractivity contribution in [2.24, 2.45) is 0 Å². The first-order valence-electron chi connectivity index (χ1n) is 5.26. The molecule has 0 aliphatic heterocycles. The lowest BCUT2D eigenvalue weighted by Gasteiger charge is -2.25. The molecule has 0 saturated carbocycles. The quantitative estimate of drug-likeness (QED) is 0.824. The Balaban J connectivity index is 2.97. The number of benzene rings is 1. The van der Waals surface area contributed by atoms with Crippen molar-refractivity contribution < 1.29 is 9.84 Å². The molecule has 1 aromatic carbocycles. The van der Waals surface area contributed by atoms with Crippen LogP contribution in [-0.4, -0.2) is 18.8 Å². The van der Waals surface area contributed by atoms with Crippen molar-refractivity contribution in [3.63, 3.8) is 0 Å². The highest BCUT2D eigenvalue weighted by atomic mass is 16.5. The Morgan fingerprint density at radius 2 is 2.00 bits per heavy atom. The van der Waals surface area contributed by atoms with E-state index in [9.17, 15) is 5.11 Å². The molecule has 1 unspecified atom stereocenters. The van der Waals surface area contributed by atoms with Gasteiger partial charge in [-0.1, -0.05) is 23.8 Å². The lowest BCUT2D eigenvalue weighted by Crippen LogP contribution is -2.24. The summed E-state index contributed by atoms with van der Waals surface area (Å²) in [5.74, 6) is 0. The highest BCUT2D eigenvalue weighted by Crippen LogP contribution is 2.28. The molecule has 1 N–H and O–H groups in total. The number of rotatable bonds is 4. The molecule has 1 rings (SSSR count). The minimum atomic E-state index is -0.799. The fourth-order valence-corrected chi connectivity index (χ4v) is 1.75. The van der Waals surface area contributed by atoms with E-state index in [0.717, 1.165) is 11.1 Å². The van der Waals surface area contributed by atoms with Crippen molar-refractivity contribution in [3.05, 3.63) is 34.9 Å². The lowest BCUT2D eigenvalue weighted by atomic mass is 9.88. The van der Waals surface area contributed by atoms with Crippen molar-refractivity contribution in [3.8, 4) is 0 Å². The minimum absolute atomic E-state index is 0.570. The third kappa shape index (κ3) is 3.05. The summed E-state index contributed by atoms with van der Waals surface area (Å²) < 4.78 is 5.01. The molecule has 0 aromatic heterocycles. The topological polar surface area (TPSA) is 29.5 Å². The third-order valence-electron chi connectivity index (χ3n) is 2.77. The Hall–Kier alpha value is -0.860. The van der Waals surface area contributed by atoms with Crippen LogP contribution in [0.15, 0.2) is 18.2 Å². The fraction of sp³-hybridized carbons (Fsp3) is 0.538. The van der Waals surface area contributed by atoms with Crippen molar-refractivity contribution >= 4 is 0 Å². The van der Waals surface area contributed by atoms with E-state index in [1.165, 1.54) is 5.56 Å². The second-order valence-corrected chi connectivity index (χ2v) is 4.34. The predicted octanol–water partition coefficient (Wildman–Crippen LogP) is 2.55. The van der Waals surface area contributed by atoms with Crippen LogP contribution in [0.5, 0.6) is 0 Å². The number of aryl methyl sites for hydroxylation is 2. The summed E-state index contributed by atoms with van der Waals surface area (Å²) in [5, 5.41) is 10.3. The van der Waals surface area contributed by atoms with Gasteiger partial charge in [0.2, 0.25) is 0 Å². The molecule has 2 heteroatoms. The molecule has 0 heterocycles. The van der Waals surface area contributed by atoms with E-state index in [4.69, 9.17) is 4.74 Å². The Morgan fingerprint density at radius 3 is 2.60 bits per heavy atom. The third-order valence-corrected chi connectivity index (χ3v) is 2.77. The summed E-state index contributed by atoms with van der Waals surface area (Å²) in [5.41, 5.74) is 2.50. The zero-order valence-electron chi connectivity index (χ0n) is 10.0. The Morgan fingerprint density at radius 1 is 1.33 bits per heavy atom. The average molecular weight is 208 g/mol. The number of ether oxygens (including phenoxy) is 1. The smallest absolute Gasteiger partial charge is 0.0893 e. The summed E-state index contributed by atoms with van der Waals surface area (Å²) in [7, 11) is 1.65. The molecule has 0 spiro atoms. The summed E-state index contributed by atoms with van der Waals surface area (Å²) in [6.45, 7) is 6.47. The van der Waals surface area contributed by atoms with Crippen molar-refractivity contribution in [1.82, 2.24) is 0 Å². The number of aliphatic hydroxyl groups is 1.